The van der Waals surface area contributed by atoms with Crippen molar-refractivity contribution < 1.29 is 18.7 Å². The maximum Gasteiger partial charge on any atom is 0.407 e. The number of aromatic nitrogens is 6. The highest BCUT2D eigenvalue weighted by Crippen LogP contribution is 2.33. The highest BCUT2D eigenvalue weighted by molar-refractivity contribution is 5.75. The molecule has 3 heterocycles. The van der Waals surface area contributed by atoms with Crippen molar-refractivity contribution >= 4 is 17.9 Å². The quantitative estimate of drug-likeness (QED) is 0.382. The van der Waals surface area contributed by atoms with Gasteiger partial charge in [0.25, 0.3) is 5.88 Å². The number of nitrogens with zero attached hydrogens (tertiary/aromatic N) is 5. The van der Waals surface area contributed by atoms with Crippen molar-refractivity contribution in [2.75, 3.05) is 31.6 Å². The van der Waals surface area contributed by atoms with E-state index in [1.165, 1.54) is 13.3 Å². The van der Waals surface area contributed by atoms with Crippen LogP contribution >= 0.6 is 0 Å². The largest absolute Gasteiger partial charge is 0.453 e. The number of carbonyl (C=O) groups is 1. The van der Waals surface area contributed by atoms with Crippen LogP contribution < -0.4 is 21.1 Å². The number of ether oxygens (including phenoxy) is 2. The Morgan fingerprint density at radius 1 is 1.24 bits per heavy atom. The summed E-state index contributed by atoms with van der Waals surface area (Å²) >= 11 is 0. The number of nitrogens with one attached hydrogen (secondary N) is 3. The molecule has 0 aliphatic carbocycles. The number of anilines is 2. The first-order chi connectivity index (χ1) is 16.1. The lowest BCUT2D eigenvalue weighted by Crippen LogP contribution is -2.37. The first-order valence-electron chi connectivity index (χ1n) is 10.5. The van der Waals surface area contributed by atoms with E-state index >= 15 is 0 Å². The Balaban J connectivity index is 1.97. The van der Waals surface area contributed by atoms with Crippen molar-refractivity contribution in [3.63, 3.8) is 0 Å². The van der Waals surface area contributed by atoms with Crippen LogP contribution in [0.15, 0.2) is 18.5 Å². The smallest absolute Gasteiger partial charge is 0.407 e. The van der Waals surface area contributed by atoms with Gasteiger partial charge in [0.15, 0.2) is 5.82 Å². The number of alkyl halides is 1. The standard InChI is InChI=1S/C21H28FN9O3/c1-11(27-20(32)33-5)8-26-19-24-7-6-12(29-19)14-15(31-18(30-14)21(2,3)4)13-9-25-16(23)17(28-13)34-10-22/h6-7,9,11H,8,10H2,1-5H3,(H2,23,25)(H,27,32)(H,30,31)(H,24,26,29). The molecule has 1 atom stereocenters. The normalized spacial score (nSPS) is 12.2. The molecule has 1 unspecified atom stereocenters. The highest BCUT2D eigenvalue weighted by atomic mass is 19.1. The first-order valence-corrected chi connectivity index (χ1v) is 10.5. The molecule has 1 amide bonds. The number of nitrogen functional groups attached to an aromatic ring is 1. The number of nitrogens with two attached hydrogens (primary N) is 1. The highest BCUT2D eigenvalue weighted by Gasteiger charge is 2.25. The Labute approximate surface area is 195 Å². The second kappa shape index (κ2) is 10.3. The van der Waals surface area contributed by atoms with Crippen molar-refractivity contribution in [3.05, 3.63) is 24.3 Å². The Morgan fingerprint density at radius 3 is 2.68 bits per heavy atom. The van der Waals surface area contributed by atoms with E-state index in [1.807, 2.05) is 27.7 Å². The minimum atomic E-state index is -1.09. The maximum absolute atomic E-state index is 12.7. The van der Waals surface area contributed by atoms with Crippen LogP contribution in [0, 0.1) is 0 Å². The van der Waals surface area contributed by atoms with Gasteiger partial charge >= 0.3 is 6.09 Å². The monoisotopic (exact) mass is 473 g/mol. The van der Waals surface area contributed by atoms with Gasteiger partial charge in [0.2, 0.25) is 12.8 Å². The molecule has 0 fully saturated rings. The second-order valence-electron chi connectivity index (χ2n) is 8.44. The molecule has 0 aliphatic rings. The average molecular weight is 474 g/mol. The number of hydrogen-bond acceptors (Lipinski definition) is 10. The molecule has 5 N–H and O–H groups in total. The number of aromatic amines is 1. The Hall–Kier alpha value is -4.03. The predicted octanol–water partition coefficient (Wildman–Crippen LogP) is 2.67. The van der Waals surface area contributed by atoms with Gasteiger partial charge < -0.3 is 30.8 Å². The zero-order valence-electron chi connectivity index (χ0n) is 19.6. The second-order valence-corrected chi connectivity index (χ2v) is 8.44. The van der Waals surface area contributed by atoms with Crippen LogP contribution in [0.4, 0.5) is 21.0 Å². The minimum Gasteiger partial charge on any atom is -0.453 e. The summed E-state index contributed by atoms with van der Waals surface area (Å²) in [4.78, 5) is 36.5. The summed E-state index contributed by atoms with van der Waals surface area (Å²) in [6, 6.07) is 1.49. The Bertz CT molecular complexity index is 1150. The Morgan fingerprint density at radius 2 is 2.00 bits per heavy atom. The molecule has 12 nitrogen and oxygen atoms in total. The van der Waals surface area contributed by atoms with Crippen molar-refractivity contribution in [2.24, 2.45) is 0 Å². The molecule has 0 aliphatic heterocycles. The summed E-state index contributed by atoms with van der Waals surface area (Å²) in [5.74, 6) is 0.882. The molecule has 3 rings (SSSR count). The molecular weight excluding hydrogens is 445 g/mol. The third-order valence-electron chi connectivity index (χ3n) is 4.64. The van der Waals surface area contributed by atoms with Gasteiger partial charge in [0.1, 0.15) is 17.2 Å². The Kier molecular flexibility index (Phi) is 7.44. The summed E-state index contributed by atoms with van der Waals surface area (Å²) in [6.45, 7) is 7.12. The zero-order chi connectivity index (χ0) is 24.9. The molecule has 34 heavy (non-hydrogen) atoms. The first kappa shape index (κ1) is 24.6. The van der Waals surface area contributed by atoms with Gasteiger partial charge in [-0.05, 0) is 13.0 Å². The molecule has 0 spiro atoms. The van der Waals surface area contributed by atoms with Crippen LogP contribution in [-0.2, 0) is 10.2 Å². The summed E-state index contributed by atoms with van der Waals surface area (Å²) in [5, 5.41) is 5.74. The van der Waals surface area contributed by atoms with E-state index < -0.39 is 13.0 Å². The van der Waals surface area contributed by atoms with Crippen LogP contribution in [0.3, 0.4) is 0 Å². The maximum atomic E-state index is 12.7. The molecular formula is C21H28FN9O3. The lowest BCUT2D eigenvalue weighted by molar-refractivity contribution is 0.168. The molecule has 13 heteroatoms. The van der Waals surface area contributed by atoms with Gasteiger partial charge in [-0.15, -0.1) is 0 Å². The van der Waals surface area contributed by atoms with Crippen LogP contribution in [0.25, 0.3) is 22.8 Å². The number of amides is 1. The van der Waals surface area contributed by atoms with Crippen LogP contribution in [0.2, 0.25) is 0 Å². The topological polar surface area (TPSA) is 166 Å². The number of imidazole rings is 1. The molecule has 0 aromatic carbocycles. The summed E-state index contributed by atoms with van der Waals surface area (Å²) in [6.07, 6.45) is 2.51. The minimum absolute atomic E-state index is 0.0299. The van der Waals surface area contributed by atoms with E-state index in [0.717, 1.165) is 0 Å². The lowest BCUT2D eigenvalue weighted by atomic mass is 9.96. The van der Waals surface area contributed by atoms with E-state index in [9.17, 15) is 9.18 Å². The van der Waals surface area contributed by atoms with Gasteiger partial charge in [-0.3, -0.25) is 0 Å². The number of alkyl carbamates (subject to hydrolysis) is 1. The zero-order valence-corrected chi connectivity index (χ0v) is 19.6. The lowest BCUT2D eigenvalue weighted by Gasteiger charge is -2.14. The van der Waals surface area contributed by atoms with Gasteiger partial charge in [0.05, 0.1) is 24.7 Å². The van der Waals surface area contributed by atoms with Crippen LogP contribution in [-0.4, -0.2) is 62.6 Å². The van der Waals surface area contributed by atoms with Crippen molar-refractivity contribution in [2.45, 2.75) is 39.2 Å². The fraction of sp³-hybridized carbons (Fsp3) is 0.429. The molecule has 0 bridgehead atoms. The van der Waals surface area contributed by atoms with E-state index in [-0.39, 0.29) is 23.2 Å². The van der Waals surface area contributed by atoms with E-state index in [4.69, 9.17) is 15.5 Å². The molecule has 0 saturated heterocycles. The van der Waals surface area contributed by atoms with Crippen LogP contribution in [0.1, 0.15) is 33.5 Å². The van der Waals surface area contributed by atoms with Gasteiger partial charge in [-0.25, -0.2) is 34.1 Å². The molecule has 0 radical (unpaired) electrons. The fourth-order valence-electron chi connectivity index (χ4n) is 2.89. The number of hydrogen-bond donors (Lipinski definition) is 4. The van der Waals surface area contributed by atoms with E-state index in [0.29, 0.717) is 41.1 Å². The average Bonchev–Trinajstić information content (AvgIpc) is 3.26. The SMILES string of the molecule is COC(=O)NC(C)CNc1nccc(-c2[nH]c(C(C)(C)C)nc2-c2cnc(N)c(OCF)n2)n1. The molecule has 3 aromatic rings. The predicted molar refractivity (Wildman–Crippen MR) is 124 cm³/mol. The van der Waals surface area contributed by atoms with Crippen molar-refractivity contribution in [1.29, 1.82) is 0 Å². The number of carbonyl (C=O) groups excluding carboxylic acids is 1. The number of methoxy groups -OCH3 is 1. The molecule has 0 saturated carbocycles. The van der Waals surface area contributed by atoms with Crippen LogP contribution in [0.5, 0.6) is 5.88 Å². The molecule has 3 aromatic heterocycles. The molecule has 182 valence electrons. The van der Waals surface area contributed by atoms with E-state index in [2.05, 4.69) is 40.3 Å². The van der Waals surface area contributed by atoms with Crippen molar-refractivity contribution in [1.82, 2.24) is 35.2 Å². The van der Waals surface area contributed by atoms with Gasteiger partial charge in [-0.1, -0.05) is 20.8 Å². The van der Waals surface area contributed by atoms with E-state index in [1.54, 1.807) is 12.3 Å². The van der Waals surface area contributed by atoms with Crippen molar-refractivity contribution in [3.8, 4) is 28.7 Å². The third-order valence-corrected chi connectivity index (χ3v) is 4.64. The third kappa shape index (κ3) is 5.85. The number of halogens is 1. The van der Waals surface area contributed by atoms with Gasteiger partial charge in [-0.2, -0.15) is 0 Å². The van der Waals surface area contributed by atoms with Gasteiger partial charge in [0, 0.05) is 24.2 Å². The fourth-order valence-corrected chi connectivity index (χ4v) is 2.89. The summed E-state index contributed by atoms with van der Waals surface area (Å²) in [7, 11) is 1.30. The number of rotatable bonds is 8. The summed E-state index contributed by atoms with van der Waals surface area (Å²) in [5.41, 5.74) is 7.32. The number of H-pyrrole nitrogens is 1. The summed E-state index contributed by atoms with van der Waals surface area (Å²) < 4.78 is 22.2.